The molecule has 1 saturated heterocycles. The predicted octanol–water partition coefficient (Wildman–Crippen LogP) is 1.11. The summed E-state index contributed by atoms with van der Waals surface area (Å²) < 4.78 is 24.9. The van der Waals surface area contributed by atoms with Crippen LogP contribution >= 0.6 is 0 Å². The Morgan fingerprint density at radius 1 is 0.706 bits per heavy atom. The molecule has 0 N–H and O–H groups in total. The Balaban J connectivity index is 0.000000419. The molecule has 0 atom stereocenters. The lowest BCUT2D eigenvalue weighted by atomic mass is 10.4. The summed E-state index contributed by atoms with van der Waals surface area (Å²) in [5.41, 5.74) is 0. The number of hydrogen-bond donors (Lipinski definition) is 0. The summed E-state index contributed by atoms with van der Waals surface area (Å²) >= 11 is 0. The summed E-state index contributed by atoms with van der Waals surface area (Å²) in [6, 6.07) is 0. The fourth-order valence-corrected chi connectivity index (χ4v) is 1.12. The van der Waals surface area contributed by atoms with Gasteiger partial charge in [0.25, 0.3) is 0 Å². The monoisotopic (exact) mass is 250 g/mol. The Labute approximate surface area is 104 Å². The zero-order valence-corrected chi connectivity index (χ0v) is 11.1. The molecule has 0 spiro atoms. The van der Waals surface area contributed by atoms with E-state index in [0.717, 1.165) is 13.2 Å². The first-order valence-corrected chi connectivity index (χ1v) is 6.13. The van der Waals surface area contributed by atoms with Crippen molar-refractivity contribution in [3.05, 3.63) is 0 Å². The summed E-state index contributed by atoms with van der Waals surface area (Å²) in [6.45, 7) is 5.77. The van der Waals surface area contributed by atoms with Gasteiger partial charge in [0.05, 0.1) is 39.6 Å². The quantitative estimate of drug-likeness (QED) is 0.574. The van der Waals surface area contributed by atoms with E-state index < -0.39 is 0 Å². The van der Waals surface area contributed by atoms with E-state index in [4.69, 9.17) is 23.7 Å². The molecule has 1 rings (SSSR count). The standard InChI is InChI=1S/C8H18O4.C4H8O/c1-9-3-5-11-7-8-12-6-4-10-2;1-2-4-5-3-1/h3-8H2,1-2H3;1-4H2. The minimum absolute atomic E-state index is 0.618. The average Bonchev–Trinajstić information content (AvgIpc) is 2.92. The maximum Gasteiger partial charge on any atom is 0.0701 e. The van der Waals surface area contributed by atoms with E-state index >= 15 is 0 Å². The second-order valence-electron chi connectivity index (χ2n) is 3.53. The second-order valence-corrected chi connectivity index (χ2v) is 3.53. The first-order chi connectivity index (χ1) is 8.41. The van der Waals surface area contributed by atoms with Crippen LogP contribution in [-0.2, 0) is 23.7 Å². The largest absolute Gasteiger partial charge is 0.382 e. The normalized spacial score (nSPS) is 14.5. The van der Waals surface area contributed by atoms with Gasteiger partial charge in [-0.15, -0.1) is 0 Å². The molecule has 0 amide bonds. The summed E-state index contributed by atoms with van der Waals surface area (Å²) in [7, 11) is 3.30. The van der Waals surface area contributed by atoms with E-state index in [-0.39, 0.29) is 0 Å². The highest BCUT2D eigenvalue weighted by molar-refractivity contribution is 4.43. The zero-order valence-electron chi connectivity index (χ0n) is 11.1. The van der Waals surface area contributed by atoms with Crippen molar-refractivity contribution in [3.63, 3.8) is 0 Å². The lowest BCUT2D eigenvalue weighted by molar-refractivity contribution is 0.0106. The van der Waals surface area contributed by atoms with Crippen molar-refractivity contribution in [2.45, 2.75) is 12.8 Å². The Hall–Kier alpha value is -0.200. The van der Waals surface area contributed by atoms with Crippen LogP contribution in [0, 0.1) is 0 Å². The minimum Gasteiger partial charge on any atom is -0.382 e. The predicted molar refractivity (Wildman–Crippen MR) is 65.4 cm³/mol. The molecular weight excluding hydrogens is 224 g/mol. The highest BCUT2D eigenvalue weighted by Crippen LogP contribution is 1.98. The van der Waals surface area contributed by atoms with E-state index in [1.807, 2.05) is 0 Å². The summed E-state index contributed by atoms with van der Waals surface area (Å²) in [4.78, 5) is 0. The Morgan fingerprint density at radius 2 is 1.12 bits per heavy atom. The summed E-state index contributed by atoms with van der Waals surface area (Å²) in [5.74, 6) is 0. The van der Waals surface area contributed by atoms with Crippen LogP contribution in [0.4, 0.5) is 0 Å². The molecule has 5 nitrogen and oxygen atoms in total. The molecule has 1 heterocycles. The number of ether oxygens (including phenoxy) is 5. The van der Waals surface area contributed by atoms with Gasteiger partial charge in [-0.3, -0.25) is 0 Å². The maximum absolute atomic E-state index is 5.16. The van der Waals surface area contributed by atoms with Crippen molar-refractivity contribution >= 4 is 0 Å². The Kier molecular flexibility index (Phi) is 15.6. The van der Waals surface area contributed by atoms with Crippen molar-refractivity contribution in [1.82, 2.24) is 0 Å². The highest BCUT2D eigenvalue weighted by atomic mass is 16.5. The molecule has 1 aliphatic rings. The van der Waals surface area contributed by atoms with Gasteiger partial charge >= 0.3 is 0 Å². The van der Waals surface area contributed by atoms with Gasteiger partial charge in [-0.05, 0) is 12.8 Å². The molecular formula is C12H26O5. The van der Waals surface area contributed by atoms with Crippen molar-refractivity contribution in [3.8, 4) is 0 Å². The van der Waals surface area contributed by atoms with E-state index in [1.54, 1.807) is 14.2 Å². The lowest BCUT2D eigenvalue weighted by Gasteiger charge is -2.04. The highest BCUT2D eigenvalue weighted by Gasteiger charge is 1.94. The first-order valence-electron chi connectivity index (χ1n) is 6.13. The second kappa shape index (κ2) is 15.8. The van der Waals surface area contributed by atoms with Crippen molar-refractivity contribution < 1.29 is 23.7 Å². The smallest absolute Gasteiger partial charge is 0.0701 e. The zero-order chi connectivity index (χ0) is 12.6. The lowest BCUT2D eigenvalue weighted by Crippen LogP contribution is -2.10. The number of hydrogen-bond acceptors (Lipinski definition) is 5. The topological polar surface area (TPSA) is 46.2 Å². The van der Waals surface area contributed by atoms with Gasteiger partial charge in [0, 0.05) is 27.4 Å². The van der Waals surface area contributed by atoms with Gasteiger partial charge < -0.3 is 23.7 Å². The molecule has 0 aromatic rings. The van der Waals surface area contributed by atoms with Gasteiger partial charge in [-0.25, -0.2) is 0 Å². The summed E-state index contributed by atoms with van der Waals surface area (Å²) in [5, 5.41) is 0. The van der Waals surface area contributed by atoms with E-state index in [9.17, 15) is 0 Å². The molecule has 17 heavy (non-hydrogen) atoms. The molecule has 0 aromatic heterocycles. The molecule has 104 valence electrons. The van der Waals surface area contributed by atoms with Crippen LogP contribution < -0.4 is 0 Å². The van der Waals surface area contributed by atoms with E-state index in [2.05, 4.69) is 0 Å². The minimum atomic E-state index is 0.618. The molecule has 1 fully saturated rings. The maximum atomic E-state index is 5.16. The molecule has 0 bridgehead atoms. The summed E-state index contributed by atoms with van der Waals surface area (Å²) in [6.07, 6.45) is 2.56. The fourth-order valence-electron chi connectivity index (χ4n) is 1.12. The Morgan fingerprint density at radius 3 is 1.41 bits per heavy atom. The van der Waals surface area contributed by atoms with E-state index in [1.165, 1.54) is 12.8 Å². The van der Waals surface area contributed by atoms with Crippen LogP contribution in [0.1, 0.15) is 12.8 Å². The molecule has 0 saturated carbocycles. The average molecular weight is 250 g/mol. The molecule has 0 aliphatic carbocycles. The van der Waals surface area contributed by atoms with Crippen molar-refractivity contribution in [1.29, 1.82) is 0 Å². The van der Waals surface area contributed by atoms with Gasteiger partial charge in [-0.2, -0.15) is 0 Å². The molecule has 1 aliphatic heterocycles. The molecule has 0 unspecified atom stereocenters. The van der Waals surface area contributed by atoms with Gasteiger partial charge in [0.2, 0.25) is 0 Å². The van der Waals surface area contributed by atoms with Crippen LogP contribution in [0.2, 0.25) is 0 Å². The van der Waals surface area contributed by atoms with Gasteiger partial charge in [0.1, 0.15) is 0 Å². The van der Waals surface area contributed by atoms with Crippen LogP contribution in [0.5, 0.6) is 0 Å². The van der Waals surface area contributed by atoms with Crippen molar-refractivity contribution in [2.24, 2.45) is 0 Å². The van der Waals surface area contributed by atoms with Crippen LogP contribution in [0.15, 0.2) is 0 Å². The first kappa shape index (κ1) is 16.8. The van der Waals surface area contributed by atoms with Gasteiger partial charge in [0.15, 0.2) is 0 Å². The fraction of sp³-hybridized carbons (Fsp3) is 1.00. The van der Waals surface area contributed by atoms with E-state index in [0.29, 0.717) is 39.6 Å². The number of methoxy groups -OCH3 is 2. The van der Waals surface area contributed by atoms with Crippen molar-refractivity contribution in [2.75, 3.05) is 67.1 Å². The molecule has 0 aromatic carbocycles. The SMILES string of the molecule is C1CCOC1.COCCOCCOCCOC. The molecule has 5 heteroatoms. The van der Waals surface area contributed by atoms with Gasteiger partial charge in [-0.1, -0.05) is 0 Å². The van der Waals surface area contributed by atoms with Crippen LogP contribution in [0.3, 0.4) is 0 Å². The third-order valence-electron chi connectivity index (χ3n) is 2.06. The third kappa shape index (κ3) is 15.8. The number of rotatable bonds is 9. The van der Waals surface area contributed by atoms with Crippen LogP contribution in [0.25, 0.3) is 0 Å². The Bertz CT molecular complexity index is 110. The molecule has 0 radical (unpaired) electrons. The third-order valence-corrected chi connectivity index (χ3v) is 2.06. The van der Waals surface area contributed by atoms with Crippen LogP contribution in [-0.4, -0.2) is 67.1 Å².